The van der Waals surface area contributed by atoms with Crippen LogP contribution in [-0.4, -0.2) is 81.1 Å². The minimum absolute atomic E-state index is 0.0463. The van der Waals surface area contributed by atoms with Crippen molar-refractivity contribution in [2.24, 2.45) is 0 Å². The van der Waals surface area contributed by atoms with E-state index in [9.17, 15) is 18.0 Å². The summed E-state index contributed by atoms with van der Waals surface area (Å²) in [7, 11) is 0. The molecule has 0 saturated carbocycles. The molecule has 3 aromatic rings. The molecular weight excluding hydrogens is 586 g/mol. The molecule has 0 spiro atoms. The van der Waals surface area contributed by atoms with Gasteiger partial charge in [-0.15, -0.1) is 0 Å². The number of carbonyl (C=O) groups is 1. The van der Waals surface area contributed by atoms with E-state index < -0.39 is 23.5 Å². The van der Waals surface area contributed by atoms with Crippen LogP contribution < -0.4 is 10.2 Å². The fraction of sp³-hybridized carbons (Fsp3) is 0.517. The predicted octanol–water partition coefficient (Wildman–Crippen LogP) is 5.65. The number of aromatic nitrogens is 3. The molecule has 1 unspecified atom stereocenters. The van der Waals surface area contributed by atoms with Crippen molar-refractivity contribution in [2.45, 2.75) is 58.3 Å². The number of likely N-dealkylation sites (tertiary alicyclic amines) is 1. The maximum Gasteiger partial charge on any atom is 0.416 e. The average Bonchev–Trinajstić information content (AvgIpc) is 3.58. The van der Waals surface area contributed by atoms with Crippen molar-refractivity contribution in [2.75, 3.05) is 49.5 Å². The highest BCUT2D eigenvalue weighted by Gasteiger charge is 2.32. The van der Waals surface area contributed by atoms with Crippen molar-refractivity contribution in [1.82, 2.24) is 24.8 Å². The molecule has 2 aliphatic heterocycles. The van der Waals surface area contributed by atoms with Gasteiger partial charge in [0.2, 0.25) is 5.82 Å². The third-order valence-corrected chi connectivity index (χ3v) is 9.00. The van der Waals surface area contributed by atoms with Crippen molar-refractivity contribution < 1.29 is 27.5 Å². The zero-order valence-electron chi connectivity index (χ0n) is 24.1. The third-order valence-electron chi connectivity index (χ3n) is 8.05. The molecule has 5 rings (SSSR count). The highest BCUT2D eigenvalue weighted by Crippen LogP contribution is 2.39. The molecule has 232 valence electrons. The average molecular weight is 622 g/mol. The van der Waals surface area contributed by atoms with Gasteiger partial charge < -0.3 is 15.3 Å². The van der Waals surface area contributed by atoms with Crippen LogP contribution in [0.15, 0.2) is 24.5 Å². The number of aliphatic carboxylic acids is 1. The number of thiazole rings is 1. The quantitative estimate of drug-likeness (QED) is 0.279. The Balaban J connectivity index is 1.42. The first kappa shape index (κ1) is 31.1. The lowest BCUT2D eigenvalue weighted by Crippen LogP contribution is -2.47. The molecule has 2 N–H and O–H groups in total. The minimum atomic E-state index is -4.50. The second-order valence-corrected chi connectivity index (χ2v) is 12.1. The van der Waals surface area contributed by atoms with E-state index in [-0.39, 0.29) is 18.1 Å². The van der Waals surface area contributed by atoms with Crippen LogP contribution in [0.1, 0.15) is 49.1 Å². The molecule has 14 heteroatoms. The first-order valence-corrected chi connectivity index (χ1v) is 15.3. The van der Waals surface area contributed by atoms with Crippen LogP contribution in [0.5, 0.6) is 0 Å². The number of piperazine rings is 1. The van der Waals surface area contributed by atoms with Crippen LogP contribution in [-0.2, 0) is 23.9 Å². The van der Waals surface area contributed by atoms with Crippen LogP contribution in [0.2, 0.25) is 0 Å². The highest BCUT2D eigenvalue weighted by atomic mass is 32.1. The number of alkyl halides is 3. The Morgan fingerprint density at radius 3 is 2.56 bits per heavy atom. The van der Waals surface area contributed by atoms with Crippen molar-refractivity contribution in [3.05, 3.63) is 46.3 Å². The number of aryl methyl sites for hydroxylation is 1. The second kappa shape index (κ2) is 13.1. The fourth-order valence-corrected chi connectivity index (χ4v) is 6.56. The van der Waals surface area contributed by atoms with Crippen molar-refractivity contribution in [1.29, 1.82) is 0 Å². The molecule has 2 saturated heterocycles. The lowest BCUT2D eigenvalue weighted by molar-refractivity contribution is -0.138. The summed E-state index contributed by atoms with van der Waals surface area (Å²) in [5.41, 5.74) is 0.656. The summed E-state index contributed by atoms with van der Waals surface area (Å²) >= 11 is 1.28. The molecule has 0 amide bonds. The number of halogens is 4. The summed E-state index contributed by atoms with van der Waals surface area (Å²) < 4.78 is 57.0. The number of nitrogens with zero attached hydrogens (tertiary/aromatic N) is 6. The molecule has 0 bridgehead atoms. The smallest absolute Gasteiger partial charge is 0.416 e. The van der Waals surface area contributed by atoms with Crippen molar-refractivity contribution >= 4 is 34.1 Å². The summed E-state index contributed by atoms with van der Waals surface area (Å²) in [6.45, 7) is 7.88. The Hall–Kier alpha value is -3.36. The van der Waals surface area contributed by atoms with Gasteiger partial charge in [0, 0.05) is 55.8 Å². The number of rotatable bonds is 10. The summed E-state index contributed by atoms with van der Waals surface area (Å²) in [6.07, 6.45) is -0.654. The molecule has 0 aliphatic carbocycles. The minimum Gasteiger partial charge on any atom is -0.481 e. The molecular formula is C29H35F4N7O2S. The number of benzene rings is 1. The Morgan fingerprint density at radius 2 is 1.91 bits per heavy atom. The lowest BCUT2D eigenvalue weighted by atomic mass is 10.0. The van der Waals surface area contributed by atoms with E-state index in [4.69, 9.17) is 5.11 Å². The van der Waals surface area contributed by atoms with Gasteiger partial charge >= 0.3 is 12.1 Å². The van der Waals surface area contributed by atoms with Crippen molar-refractivity contribution in [3.8, 4) is 11.3 Å². The molecule has 43 heavy (non-hydrogen) atoms. The van der Waals surface area contributed by atoms with E-state index in [1.54, 1.807) is 11.0 Å². The Kier molecular flexibility index (Phi) is 9.47. The molecule has 2 aromatic heterocycles. The van der Waals surface area contributed by atoms with Gasteiger partial charge in [0.05, 0.1) is 17.7 Å². The summed E-state index contributed by atoms with van der Waals surface area (Å²) in [6, 6.07) is 4.38. The van der Waals surface area contributed by atoms with Crippen LogP contribution in [0.3, 0.4) is 0 Å². The maximum absolute atomic E-state index is 15.7. The molecule has 1 atom stereocenters. The lowest BCUT2D eigenvalue weighted by Gasteiger charge is -2.35. The van der Waals surface area contributed by atoms with E-state index in [0.717, 1.165) is 30.3 Å². The Labute approximate surface area is 251 Å². The standard InChI is InChI=1S/C29H35F4N7O2S/c1-3-19-13-20(15-21(14-19)29(31,32)33)25-22(16-40-7-4-5-18(40)2)43-28(36-25)37-26-24(30)27(35-17-34-26)39-11-9-38(10-12-39)8-6-23(41)42/h13-15,17-18H,3-12,16H2,1-2H3,(H,41,42)(H,34,35,36,37). The molecule has 0 radical (unpaired) electrons. The molecule has 9 nitrogen and oxygen atoms in total. The SMILES string of the molecule is CCc1cc(-c2nc(Nc3ncnc(N4CCN(CCC(=O)O)CC4)c3F)sc2CN2CCCC2C)cc(C(F)(F)F)c1. The fourth-order valence-electron chi connectivity index (χ4n) is 5.55. The molecule has 4 heterocycles. The normalized spacial score (nSPS) is 18.4. The van der Waals surface area contributed by atoms with Gasteiger partial charge in [0.15, 0.2) is 16.8 Å². The highest BCUT2D eigenvalue weighted by molar-refractivity contribution is 7.16. The van der Waals surface area contributed by atoms with Gasteiger partial charge in [0.25, 0.3) is 0 Å². The maximum atomic E-state index is 15.7. The predicted molar refractivity (Wildman–Crippen MR) is 157 cm³/mol. The Bertz CT molecular complexity index is 1440. The zero-order valence-corrected chi connectivity index (χ0v) is 24.9. The largest absolute Gasteiger partial charge is 0.481 e. The summed E-state index contributed by atoms with van der Waals surface area (Å²) in [5, 5.41) is 12.2. The van der Waals surface area contributed by atoms with E-state index in [2.05, 4.69) is 32.1 Å². The first-order valence-electron chi connectivity index (χ1n) is 14.4. The third kappa shape index (κ3) is 7.42. The number of nitrogens with one attached hydrogen (secondary N) is 1. The molecule has 2 aliphatic rings. The van der Waals surface area contributed by atoms with Crippen LogP contribution in [0, 0.1) is 5.82 Å². The van der Waals surface area contributed by atoms with Gasteiger partial charge in [-0.25, -0.2) is 15.0 Å². The number of anilines is 3. The summed E-state index contributed by atoms with van der Waals surface area (Å²) in [5.74, 6) is -1.45. The van der Waals surface area contributed by atoms with Crippen LogP contribution >= 0.6 is 11.3 Å². The zero-order chi connectivity index (χ0) is 30.7. The van der Waals surface area contributed by atoms with Gasteiger partial charge in [0.1, 0.15) is 6.33 Å². The van der Waals surface area contributed by atoms with Crippen LogP contribution in [0.25, 0.3) is 11.3 Å². The van der Waals surface area contributed by atoms with E-state index in [1.165, 1.54) is 23.7 Å². The topological polar surface area (TPSA) is 97.7 Å². The van der Waals surface area contributed by atoms with Gasteiger partial charge in [-0.05, 0) is 56.5 Å². The van der Waals surface area contributed by atoms with Crippen molar-refractivity contribution in [3.63, 3.8) is 0 Å². The number of carboxylic acid groups (broad SMARTS) is 1. The van der Waals surface area contributed by atoms with Gasteiger partial charge in [-0.1, -0.05) is 18.3 Å². The molecule has 2 fully saturated rings. The van der Waals surface area contributed by atoms with Gasteiger partial charge in [-0.2, -0.15) is 17.6 Å². The van der Waals surface area contributed by atoms with E-state index >= 15 is 4.39 Å². The van der Waals surface area contributed by atoms with E-state index in [1.807, 2.05) is 11.8 Å². The van der Waals surface area contributed by atoms with Crippen LogP contribution in [0.4, 0.5) is 34.3 Å². The number of hydrogen-bond acceptors (Lipinski definition) is 9. The summed E-state index contributed by atoms with van der Waals surface area (Å²) in [4.78, 5) is 30.7. The monoisotopic (exact) mass is 621 g/mol. The molecule has 1 aromatic carbocycles. The number of hydrogen-bond donors (Lipinski definition) is 2. The first-order chi connectivity index (χ1) is 20.5. The van der Waals surface area contributed by atoms with Gasteiger partial charge in [-0.3, -0.25) is 14.6 Å². The van der Waals surface area contributed by atoms with E-state index in [0.29, 0.717) is 73.7 Å². The number of carboxylic acids is 1. The second-order valence-electron chi connectivity index (χ2n) is 11.0. The Morgan fingerprint density at radius 1 is 1.14 bits per heavy atom.